The maximum absolute atomic E-state index is 5.70. The third-order valence-electron chi connectivity index (χ3n) is 3.09. The third-order valence-corrected chi connectivity index (χ3v) is 3.09. The van der Waals surface area contributed by atoms with Gasteiger partial charge in [-0.05, 0) is 12.5 Å². The highest BCUT2D eigenvalue weighted by Gasteiger charge is 2.10. The molecule has 0 spiro atoms. The fraction of sp³-hybridized carbons (Fsp3) is 0.429. The van der Waals surface area contributed by atoms with Crippen LogP contribution in [0, 0.1) is 0 Å². The number of aromatic amines is 1. The van der Waals surface area contributed by atoms with E-state index < -0.39 is 0 Å². The molecule has 2 aromatic rings. The molecule has 0 aliphatic carbocycles. The number of aromatic nitrogens is 1. The first kappa shape index (κ1) is 12.0. The van der Waals surface area contributed by atoms with Crippen LogP contribution in [-0.2, 0) is 0 Å². The number of nitrogens with zero attached hydrogens (tertiary/aromatic N) is 1. The minimum absolute atomic E-state index is 0.698. The van der Waals surface area contributed by atoms with Crippen molar-refractivity contribution in [1.29, 1.82) is 0 Å². The first-order valence-electron chi connectivity index (χ1n) is 6.38. The summed E-state index contributed by atoms with van der Waals surface area (Å²) >= 11 is 0. The number of hydrogen-bond acceptors (Lipinski definition) is 2. The van der Waals surface area contributed by atoms with Crippen LogP contribution in [0.5, 0.6) is 0 Å². The Hall–Kier alpha value is -1.48. The van der Waals surface area contributed by atoms with Crippen LogP contribution in [0.2, 0.25) is 0 Å². The van der Waals surface area contributed by atoms with Gasteiger partial charge >= 0.3 is 0 Å². The van der Waals surface area contributed by atoms with E-state index in [4.69, 9.17) is 5.73 Å². The molecule has 3 nitrogen and oxygen atoms in total. The van der Waals surface area contributed by atoms with E-state index in [1.165, 1.54) is 29.4 Å². The van der Waals surface area contributed by atoms with Gasteiger partial charge < -0.3 is 15.6 Å². The summed E-state index contributed by atoms with van der Waals surface area (Å²) in [5, 5.41) is 1.29. The number of nitrogens with two attached hydrogens (primary N) is 1. The summed E-state index contributed by atoms with van der Waals surface area (Å²) in [5.74, 6) is 0. The molecule has 0 unspecified atom stereocenters. The number of anilines is 1. The van der Waals surface area contributed by atoms with E-state index in [-0.39, 0.29) is 0 Å². The molecule has 1 aromatic heterocycles. The third kappa shape index (κ3) is 2.61. The Morgan fingerprint density at radius 2 is 2.06 bits per heavy atom. The lowest BCUT2D eigenvalue weighted by Gasteiger charge is -2.23. The van der Waals surface area contributed by atoms with Crippen LogP contribution in [0.4, 0.5) is 5.69 Å². The van der Waals surface area contributed by atoms with E-state index in [1.54, 1.807) is 0 Å². The summed E-state index contributed by atoms with van der Waals surface area (Å²) in [4.78, 5) is 5.70. The van der Waals surface area contributed by atoms with Crippen LogP contribution in [0.15, 0.2) is 30.5 Å². The summed E-state index contributed by atoms with van der Waals surface area (Å²) in [6.45, 7) is 4.91. The summed E-state index contributed by atoms with van der Waals surface area (Å²) in [6, 6.07) is 8.41. The van der Waals surface area contributed by atoms with Crippen LogP contribution >= 0.6 is 0 Å². The molecule has 0 saturated heterocycles. The van der Waals surface area contributed by atoms with E-state index in [0.717, 1.165) is 13.1 Å². The Morgan fingerprint density at radius 3 is 2.82 bits per heavy atom. The average molecular weight is 231 g/mol. The Kier molecular flexibility index (Phi) is 4.04. The number of benzene rings is 1. The van der Waals surface area contributed by atoms with E-state index >= 15 is 0 Å². The minimum atomic E-state index is 0.698. The Balaban J connectivity index is 2.27. The lowest BCUT2D eigenvalue weighted by molar-refractivity contribution is 0.717. The molecule has 0 radical (unpaired) electrons. The molecule has 0 aliphatic heterocycles. The van der Waals surface area contributed by atoms with Crippen molar-refractivity contribution in [1.82, 2.24) is 4.98 Å². The number of para-hydroxylation sites is 1. The first-order valence-corrected chi connectivity index (χ1v) is 6.38. The van der Waals surface area contributed by atoms with Gasteiger partial charge in [-0.25, -0.2) is 0 Å². The van der Waals surface area contributed by atoms with Crippen LogP contribution in [0.25, 0.3) is 10.9 Å². The van der Waals surface area contributed by atoms with Gasteiger partial charge in [0.25, 0.3) is 0 Å². The van der Waals surface area contributed by atoms with Crippen molar-refractivity contribution in [3.05, 3.63) is 30.5 Å². The quantitative estimate of drug-likeness (QED) is 0.803. The largest absolute Gasteiger partial charge is 0.369 e. The van der Waals surface area contributed by atoms with Gasteiger partial charge in [-0.2, -0.15) is 0 Å². The first-order chi connectivity index (χ1) is 8.36. The zero-order valence-corrected chi connectivity index (χ0v) is 10.4. The SMILES string of the molecule is CCCCN(CCN)c1c[nH]c2ccccc12. The standard InChI is InChI=1S/C14H21N3/c1-2-3-9-17(10-8-15)14-11-16-13-7-5-4-6-12(13)14/h4-7,11,16H,2-3,8-10,15H2,1H3. The van der Waals surface area contributed by atoms with Gasteiger partial charge in [0.2, 0.25) is 0 Å². The van der Waals surface area contributed by atoms with Gasteiger partial charge in [0.15, 0.2) is 0 Å². The number of fused-ring (bicyclic) bond motifs is 1. The van der Waals surface area contributed by atoms with Crippen LogP contribution in [-0.4, -0.2) is 24.6 Å². The minimum Gasteiger partial charge on any atom is -0.369 e. The van der Waals surface area contributed by atoms with Gasteiger partial charge in [0.05, 0.1) is 5.69 Å². The molecule has 0 fully saturated rings. The summed E-state index contributed by atoms with van der Waals surface area (Å²) in [6.07, 6.45) is 4.51. The molecular weight excluding hydrogens is 210 g/mol. The molecule has 92 valence electrons. The van der Waals surface area contributed by atoms with E-state index in [2.05, 4.69) is 47.3 Å². The monoisotopic (exact) mass is 231 g/mol. The predicted octanol–water partition coefficient (Wildman–Crippen LogP) is 2.73. The highest BCUT2D eigenvalue weighted by Crippen LogP contribution is 2.26. The van der Waals surface area contributed by atoms with Gasteiger partial charge in [-0.1, -0.05) is 31.5 Å². The van der Waals surface area contributed by atoms with Crippen LogP contribution in [0.3, 0.4) is 0 Å². The fourth-order valence-electron chi connectivity index (χ4n) is 2.18. The number of hydrogen-bond donors (Lipinski definition) is 2. The highest BCUT2D eigenvalue weighted by molar-refractivity contribution is 5.92. The summed E-state index contributed by atoms with van der Waals surface area (Å²) < 4.78 is 0. The number of unbranched alkanes of at least 4 members (excludes halogenated alkanes) is 1. The predicted molar refractivity (Wildman–Crippen MR) is 74.5 cm³/mol. The van der Waals surface area contributed by atoms with Crippen LogP contribution < -0.4 is 10.6 Å². The molecule has 3 N–H and O–H groups in total. The zero-order chi connectivity index (χ0) is 12.1. The maximum Gasteiger partial charge on any atom is 0.0624 e. The van der Waals surface area contributed by atoms with Gasteiger partial charge in [-0.3, -0.25) is 0 Å². The molecule has 0 aliphatic rings. The molecule has 0 amide bonds. The molecule has 3 heteroatoms. The fourth-order valence-corrected chi connectivity index (χ4v) is 2.18. The lowest BCUT2D eigenvalue weighted by atomic mass is 10.2. The average Bonchev–Trinajstić information content (AvgIpc) is 2.78. The zero-order valence-electron chi connectivity index (χ0n) is 10.4. The second-order valence-electron chi connectivity index (χ2n) is 4.35. The Bertz CT molecular complexity index is 461. The topological polar surface area (TPSA) is 45.0 Å². The maximum atomic E-state index is 5.70. The van der Waals surface area contributed by atoms with E-state index in [0.29, 0.717) is 6.54 Å². The number of nitrogens with one attached hydrogen (secondary N) is 1. The molecule has 0 bridgehead atoms. The second kappa shape index (κ2) is 5.73. The van der Waals surface area contributed by atoms with Crippen LogP contribution in [0.1, 0.15) is 19.8 Å². The molecule has 1 aromatic carbocycles. The molecule has 0 saturated carbocycles. The van der Waals surface area contributed by atoms with Crippen molar-refractivity contribution in [2.24, 2.45) is 5.73 Å². The van der Waals surface area contributed by atoms with Crippen molar-refractivity contribution in [2.75, 3.05) is 24.5 Å². The smallest absolute Gasteiger partial charge is 0.0624 e. The van der Waals surface area contributed by atoms with E-state index in [9.17, 15) is 0 Å². The molecule has 1 heterocycles. The lowest BCUT2D eigenvalue weighted by Crippen LogP contribution is -2.30. The Labute approximate surface area is 103 Å². The van der Waals surface area contributed by atoms with Crippen molar-refractivity contribution >= 4 is 16.6 Å². The number of rotatable bonds is 6. The molecule has 0 atom stereocenters. The van der Waals surface area contributed by atoms with Crippen molar-refractivity contribution in [3.63, 3.8) is 0 Å². The highest BCUT2D eigenvalue weighted by atomic mass is 15.1. The summed E-state index contributed by atoms with van der Waals surface area (Å²) in [5.41, 5.74) is 8.17. The Morgan fingerprint density at radius 1 is 1.24 bits per heavy atom. The molecule has 2 rings (SSSR count). The van der Waals surface area contributed by atoms with Crippen molar-refractivity contribution < 1.29 is 0 Å². The van der Waals surface area contributed by atoms with Crippen molar-refractivity contribution in [3.8, 4) is 0 Å². The second-order valence-corrected chi connectivity index (χ2v) is 4.35. The van der Waals surface area contributed by atoms with Gasteiger partial charge in [0, 0.05) is 36.7 Å². The van der Waals surface area contributed by atoms with Gasteiger partial charge in [0.1, 0.15) is 0 Å². The summed E-state index contributed by atoms with van der Waals surface area (Å²) in [7, 11) is 0. The normalized spacial score (nSPS) is 10.9. The van der Waals surface area contributed by atoms with Gasteiger partial charge in [-0.15, -0.1) is 0 Å². The molecular formula is C14H21N3. The van der Waals surface area contributed by atoms with Crippen molar-refractivity contribution in [2.45, 2.75) is 19.8 Å². The van der Waals surface area contributed by atoms with E-state index in [1.807, 2.05) is 0 Å². The molecule has 17 heavy (non-hydrogen) atoms. The number of H-pyrrole nitrogens is 1.